The lowest BCUT2D eigenvalue weighted by molar-refractivity contribution is 0.0698. The van der Waals surface area contributed by atoms with Crippen molar-refractivity contribution in [2.45, 2.75) is 6.43 Å². The highest BCUT2D eigenvalue weighted by atomic mass is 35.5. The normalized spacial score (nSPS) is 11.2. The van der Waals surface area contributed by atoms with E-state index in [0.717, 1.165) is 16.8 Å². The first-order valence-electron chi connectivity index (χ1n) is 4.06. The number of hydrogen-bond acceptors (Lipinski definition) is 3. The van der Waals surface area contributed by atoms with Crippen LogP contribution in [0.4, 0.5) is 8.78 Å². The number of rotatable bonds is 2. The maximum absolute atomic E-state index is 12.4. The SMILES string of the molecule is O=C(O)c1cnn2c(Cl)cc(C(F)F)nc12. The van der Waals surface area contributed by atoms with Crippen LogP contribution in [0.25, 0.3) is 5.65 Å². The maximum atomic E-state index is 12.4. The van der Waals surface area contributed by atoms with E-state index in [0.29, 0.717) is 0 Å². The fraction of sp³-hybridized carbons (Fsp3) is 0.125. The highest BCUT2D eigenvalue weighted by Gasteiger charge is 2.18. The molecule has 0 aliphatic carbocycles. The number of carboxylic acids is 1. The zero-order chi connectivity index (χ0) is 11.9. The Kier molecular flexibility index (Phi) is 2.47. The first-order chi connectivity index (χ1) is 7.50. The number of nitrogens with zero attached hydrogens (tertiary/aromatic N) is 3. The van der Waals surface area contributed by atoms with Gasteiger partial charge in [-0.25, -0.2) is 23.1 Å². The molecule has 0 fully saturated rings. The van der Waals surface area contributed by atoms with E-state index in [1.165, 1.54) is 0 Å². The van der Waals surface area contributed by atoms with E-state index >= 15 is 0 Å². The van der Waals surface area contributed by atoms with Gasteiger partial charge in [-0.1, -0.05) is 11.6 Å². The van der Waals surface area contributed by atoms with Crippen molar-refractivity contribution in [2.75, 3.05) is 0 Å². The van der Waals surface area contributed by atoms with E-state index < -0.39 is 18.1 Å². The van der Waals surface area contributed by atoms with Crippen molar-refractivity contribution in [2.24, 2.45) is 0 Å². The van der Waals surface area contributed by atoms with Gasteiger partial charge in [0.2, 0.25) is 0 Å². The first-order valence-corrected chi connectivity index (χ1v) is 4.44. The van der Waals surface area contributed by atoms with E-state index in [-0.39, 0.29) is 16.4 Å². The summed E-state index contributed by atoms with van der Waals surface area (Å²) in [5.41, 5.74) is -1.06. The third kappa shape index (κ3) is 1.58. The Morgan fingerprint density at radius 1 is 1.56 bits per heavy atom. The summed E-state index contributed by atoms with van der Waals surface area (Å²) in [5.74, 6) is -1.30. The van der Waals surface area contributed by atoms with Gasteiger partial charge >= 0.3 is 5.97 Å². The molecule has 16 heavy (non-hydrogen) atoms. The molecule has 0 spiro atoms. The van der Waals surface area contributed by atoms with E-state index in [1.54, 1.807) is 0 Å². The number of carboxylic acid groups (broad SMARTS) is 1. The van der Waals surface area contributed by atoms with Gasteiger partial charge in [0.05, 0.1) is 6.20 Å². The molecular weight excluding hydrogens is 244 g/mol. The number of carbonyl (C=O) groups is 1. The maximum Gasteiger partial charge on any atom is 0.341 e. The second-order valence-electron chi connectivity index (χ2n) is 2.90. The lowest BCUT2D eigenvalue weighted by Gasteiger charge is -2.02. The monoisotopic (exact) mass is 247 g/mol. The van der Waals surface area contributed by atoms with E-state index in [2.05, 4.69) is 10.1 Å². The average Bonchev–Trinajstić information content (AvgIpc) is 2.61. The van der Waals surface area contributed by atoms with Crippen LogP contribution in [0, 0.1) is 0 Å². The van der Waals surface area contributed by atoms with Crippen LogP contribution in [0.2, 0.25) is 5.15 Å². The predicted molar refractivity (Wildman–Crippen MR) is 49.9 cm³/mol. The number of alkyl halides is 2. The van der Waals surface area contributed by atoms with Crippen molar-refractivity contribution in [1.82, 2.24) is 14.6 Å². The second-order valence-corrected chi connectivity index (χ2v) is 3.29. The van der Waals surface area contributed by atoms with Crippen LogP contribution in [0.5, 0.6) is 0 Å². The second kappa shape index (κ2) is 3.67. The van der Waals surface area contributed by atoms with E-state index in [4.69, 9.17) is 16.7 Å². The number of aromatic carboxylic acids is 1. The van der Waals surface area contributed by atoms with E-state index in [1.807, 2.05) is 0 Å². The largest absolute Gasteiger partial charge is 0.477 e. The molecule has 0 saturated carbocycles. The molecule has 0 atom stereocenters. The molecule has 0 radical (unpaired) electrons. The summed E-state index contributed by atoms with van der Waals surface area (Å²) < 4.78 is 25.8. The van der Waals surface area contributed by atoms with Crippen LogP contribution in [0.15, 0.2) is 12.3 Å². The molecule has 0 aromatic carbocycles. The van der Waals surface area contributed by atoms with Crippen molar-refractivity contribution < 1.29 is 18.7 Å². The van der Waals surface area contributed by atoms with Gasteiger partial charge in [-0.05, 0) is 0 Å². The van der Waals surface area contributed by atoms with Crippen LogP contribution in [0.1, 0.15) is 22.5 Å². The van der Waals surface area contributed by atoms with Gasteiger partial charge in [-0.3, -0.25) is 0 Å². The summed E-state index contributed by atoms with van der Waals surface area (Å²) >= 11 is 5.66. The van der Waals surface area contributed by atoms with Gasteiger partial charge in [0.25, 0.3) is 6.43 Å². The number of hydrogen-bond donors (Lipinski definition) is 1. The van der Waals surface area contributed by atoms with Gasteiger partial charge in [0.1, 0.15) is 16.4 Å². The Morgan fingerprint density at radius 3 is 2.81 bits per heavy atom. The summed E-state index contributed by atoms with van der Waals surface area (Å²) in [6.45, 7) is 0. The molecule has 84 valence electrons. The summed E-state index contributed by atoms with van der Waals surface area (Å²) in [6, 6.07) is 0.942. The quantitative estimate of drug-likeness (QED) is 0.825. The molecule has 0 unspecified atom stereocenters. The molecule has 2 rings (SSSR count). The Balaban J connectivity index is 2.76. The van der Waals surface area contributed by atoms with Crippen molar-refractivity contribution in [1.29, 1.82) is 0 Å². The van der Waals surface area contributed by atoms with Crippen LogP contribution in [-0.2, 0) is 0 Å². The Morgan fingerprint density at radius 2 is 2.25 bits per heavy atom. The van der Waals surface area contributed by atoms with E-state index in [9.17, 15) is 13.6 Å². The van der Waals surface area contributed by atoms with Gasteiger partial charge in [-0.2, -0.15) is 5.10 Å². The molecule has 0 aliphatic rings. The van der Waals surface area contributed by atoms with Crippen LogP contribution in [0.3, 0.4) is 0 Å². The first kappa shape index (κ1) is 10.7. The molecule has 0 bridgehead atoms. The average molecular weight is 248 g/mol. The fourth-order valence-corrected chi connectivity index (χ4v) is 1.44. The fourth-order valence-electron chi connectivity index (χ4n) is 1.21. The van der Waals surface area contributed by atoms with Crippen molar-refractivity contribution in [3.05, 3.63) is 28.7 Å². The minimum atomic E-state index is -2.82. The van der Waals surface area contributed by atoms with Gasteiger partial charge in [0.15, 0.2) is 5.65 Å². The Bertz CT molecular complexity index is 570. The van der Waals surface area contributed by atoms with Crippen LogP contribution in [-0.4, -0.2) is 25.7 Å². The molecule has 1 N–H and O–H groups in total. The van der Waals surface area contributed by atoms with Gasteiger partial charge < -0.3 is 5.11 Å². The third-order valence-electron chi connectivity index (χ3n) is 1.90. The standard InChI is InChI=1S/C8H4ClF2N3O2/c9-5-1-4(6(10)11)13-7-3(8(15)16)2-12-14(5)7/h1-2,6H,(H,15,16). The Labute approximate surface area is 92.3 Å². The van der Waals surface area contributed by atoms with Crippen LogP contribution >= 0.6 is 11.6 Å². The molecule has 0 amide bonds. The molecule has 0 saturated heterocycles. The number of fused-ring (bicyclic) bond motifs is 1. The molecule has 0 aliphatic heterocycles. The zero-order valence-electron chi connectivity index (χ0n) is 7.56. The minimum Gasteiger partial charge on any atom is -0.477 e. The smallest absolute Gasteiger partial charge is 0.341 e. The molecule has 2 aromatic rings. The van der Waals surface area contributed by atoms with Crippen molar-refractivity contribution in [3.8, 4) is 0 Å². The molecular formula is C8H4ClF2N3O2. The summed E-state index contributed by atoms with van der Waals surface area (Å²) in [6.07, 6.45) is -1.81. The van der Waals surface area contributed by atoms with Crippen molar-refractivity contribution >= 4 is 23.2 Å². The van der Waals surface area contributed by atoms with Crippen molar-refractivity contribution in [3.63, 3.8) is 0 Å². The zero-order valence-corrected chi connectivity index (χ0v) is 8.32. The number of halogens is 3. The molecule has 2 aromatic heterocycles. The number of aromatic nitrogens is 3. The summed E-state index contributed by atoms with van der Waals surface area (Å²) in [5, 5.41) is 12.3. The molecule has 2 heterocycles. The highest BCUT2D eigenvalue weighted by molar-refractivity contribution is 6.29. The van der Waals surface area contributed by atoms with Gasteiger partial charge in [0, 0.05) is 6.07 Å². The Hall–Kier alpha value is -1.76. The minimum absolute atomic E-state index is 0.118. The molecule has 5 nitrogen and oxygen atoms in total. The summed E-state index contributed by atoms with van der Waals surface area (Å²) in [4.78, 5) is 14.2. The van der Waals surface area contributed by atoms with Gasteiger partial charge in [-0.15, -0.1) is 0 Å². The topological polar surface area (TPSA) is 67.5 Å². The summed E-state index contributed by atoms with van der Waals surface area (Å²) in [7, 11) is 0. The van der Waals surface area contributed by atoms with Crippen LogP contribution < -0.4 is 0 Å². The predicted octanol–water partition coefficient (Wildman–Crippen LogP) is 2.02. The lowest BCUT2D eigenvalue weighted by Crippen LogP contribution is -2.01. The highest BCUT2D eigenvalue weighted by Crippen LogP contribution is 2.22. The third-order valence-corrected chi connectivity index (χ3v) is 2.17. The lowest BCUT2D eigenvalue weighted by atomic mass is 10.3. The molecule has 8 heteroatoms.